The van der Waals surface area contributed by atoms with E-state index in [0.29, 0.717) is 0 Å². The number of rotatable bonds is 3. The van der Waals surface area contributed by atoms with Crippen LogP contribution < -0.4 is 0 Å². The van der Waals surface area contributed by atoms with Crippen LogP contribution in [-0.2, 0) is 6.54 Å². The molecule has 3 aromatic rings. The molecular weight excluding hydrogens is 254 g/mol. The summed E-state index contributed by atoms with van der Waals surface area (Å²) in [4.78, 5) is 8.23. The van der Waals surface area contributed by atoms with E-state index in [2.05, 4.69) is 66.2 Å². The van der Waals surface area contributed by atoms with E-state index in [1.165, 1.54) is 16.1 Å². The second-order valence-electron chi connectivity index (χ2n) is 5.05. The van der Waals surface area contributed by atoms with Gasteiger partial charge in [0.2, 0.25) is 0 Å². The van der Waals surface area contributed by atoms with Gasteiger partial charge in [-0.25, -0.2) is 4.98 Å². The molecule has 0 bridgehead atoms. The Morgan fingerprint density at radius 1 is 1.32 bits per heavy atom. The highest BCUT2D eigenvalue weighted by atomic mass is 32.1. The zero-order chi connectivity index (χ0) is 13.4. The van der Waals surface area contributed by atoms with Crippen molar-refractivity contribution in [3.8, 4) is 10.6 Å². The molecule has 4 heteroatoms. The van der Waals surface area contributed by atoms with E-state index in [4.69, 9.17) is 4.98 Å². The Morgan fingerprint density at radius 2 is 2.16 bits per heavy atom. The fourth-order valence-electron chi connectivity index (χ4n) is 2.26. The van der Waals surface area contributed by atoms with Crippen molar-refractivity contribution in [2.75, 3.05) is 14.1 Å². The number of imidazole rings is 1. The van der Waals surface area contributed by atoms with Gasteiger partial charge in [0.25, 0.3) is 0 Å². The van der Waals surface area contributed by atoms with E-state index in [-0.39, 0.29) is 0 Å². The van der Waals surface area contributed by atoms with Gasteiger partial charge in [-0.05, 0) is 50.2 Å². The average molecular weight is 271 g/mol. The van der Waals surface area contributed by atoms with Gasteiger partial charge in [0, 0.05) is 12.7 Å². The van der Waals surface area contributed by atoms with Crippen LogP contribution in [0.3, 0.4) is 0 Å². The van der Waals surface area contributed by atoms with Gasteiger partial charge < -0.3 is 9.30 Å². The van der Waals surface area contributed by atoms with Gasteiger partial charge in [0.05, 0.1) is 10.6 Å². The lowest BCUT2D eigenvalue weighted by Gasteiger charge is -2.10. The molecule has 0 unspecified atom stereocenters. The maximum atomic E-state index is 4.82. The zero-order valence-corrected chi connectivity index (χ0v) is 12.2. The van der Waals surface area contributed by atoms with Crippen LogP contribution in [0.2, 0.25) is 0 Å². The Bertz CT molecular complexity index is 696. The molecule has 0 amide bonds. The highest BCUT2D eigenvalue weighted by Gasteiger charge is 2.15. The third-order valence-electron chi connectivity index (χ3n) is 3.10. The predicted molar refractivity (Wildman–Crippen MR) is 80.6 cm³/mol. The Morgan fingerprint density at radius 3 is 2.84 bits per heavy atom. The van der Waals surface area contributed by atoms with Gasteiger partial charge in [0.1, 0.15) is 11.3 Å². The molecule has 3 aromatic heterocycles. The molecule has 0 saturated heterocycles. The van der Waals surface area contributed by atoms with Crippen molar-refractivity contribution in [1.29, 1.82) is 0 Å². The SMILES string of the molecule is Cc1ccn2c(CN(C)C)c(-c3cccs3)nc2c1. The monoisotopic (exact) mass is 271 g/mol. The summed E-state index contributed by atoms with van der Waals surface area (Å²) in [5.41, 5.74) is 4.63. The molecule has 0 atom stereocenters. The molecule has 0 aromatic carbocycles. The first kappa shape index (κ1) is 12.4. The van der Waals surface area contributed by atoms with Crippen LogP contribution >= 0.6 is 11.3 Å². The van der Waals surface area contributed by atoms with Crippen molar-refractivity contribution in [2.45, 2.75) is 13.5 Å². The van der Waals surface area contributed by atoms with Crippen LogP contribution in [0, 0.1) is 6.92 Å². The van der Waals surface area contributed by atoms with Crippen molar-refractivity contribution in [2.24, 2.45) is 0 Å². The zero-order valence-electron chi connectivity index (χ0n) is 11.4. The van der Waals surface area contributed by atoms with Gasteiger partial charge in [-0.1, -0.05) is 6.07 Å². The summed E-state index contributed by atoms with van der Waals surface area (Å²) in [6.07, 6.45) is 2.12. The van der Waals surface area contributed by atoms with Crippen molar-refractivity contribution < 1.29 is 0 Å². The van der Waals surface area contributed by atoms with Gasteiger partial charge in [-0.2, -0.15) is 0 Å². The third kappa shape index (κ3) is 2.29. The number of hydrogen-bond acceptors (Lipinski definition) is 3. The number of thiophene rings is 1. The standard InChI is InChI=1S/C15H17N3S/c1-11-6-7-18-12(10-17(2)3)15(16-14(18)9-11)13-5-4-8-19-13/h4-9H,10H2,1-3H3. The molecule has 3 heterocycles. The van der Waals surface area contributed by atoms with Crippen molar-refractivity contribution >= 4 is 17.0 Å². The van der Waals surface area contributed by atoms with Crippen molar-refractivity contribution in [3.05, 3.63) is 47.1 Å². The van der Waals surface area contributed by atoms with E-state index in [0.717, 1.165) is 17.9 Å². The normalized spacial score (nSPS) is 11.6. The molecule has 0 fully saturated rings. The summed E-state index contributed by atoms with van der Waals surface area (Å²) >= 11 is 1.74. The number of aromatic nitrogens is 2. The topological polar surface area (TPSA) is 20.5 Å². The first-order valence-corrected chi connectivity index (χ1v) is 7.19. The van der Waals surface area contributed by atoms with Crippen LogP contribution in [0.5, 0.6) is 0 Å². The van der Waals surface area contributed by atoms with Gasteiger partial charge in [-0.15, -0.1) is 11.3 Å². The minimum atomic E-state index is 0.886. The van der Waals surface area contributed by atoms with Crippen LogP contribution in [0.4, 0.5) is 0 Å². The summed E-state index contributed by atoms with van der Waals surface area (Å²) in [5.74, 6) is 0. The summed E-state index contributed by atoms with van der Waals surface area (Å²) in [6, 6.07) is 8.48. The number of hydrogen-bond donors (Lipinski definition) is 0. The highest BCUT2D eigenvalue weighted by Crippen LogP contribution is 2.29. The molecule has 0 aliphatic carbocycles. The van der Waals surface area contributed by atoms with E-state index in [9.17, 15) is 0 Å². The molecule has 3 nitrogen and oxygen atoms in total. The minimum absolute atomic E-state index is 0.886. The lowest BCUT2D eigenvalue weighted by Crippen LogP contribution is -2.13. The smallest absolute Gasteiger partial charge is 0.138 e. The summed E-state index contributed by atoms with van der Waals surface area (Å²) < 4.78 is 2.20. The quantitative estimate of drug-likeness (QED) is 0.727. The molecule has 98 valence electrons. The van der Waals surface area contributed by atoms with E-state index in [1.54, 1.807) is 11.3 Å². The minimum Gasteiger partial charge on any atom is -0.304 e. The second-order valence-corrected chi connectivity index (χ2v) is 6.00. The Kier molecular flexibility index (Phi) is 3.12. The molecule has 0 radical (unpaired) electrons. The fraction of sp³-hybridized carbons (Fsp3) is 0.267. The fourth-order valence-corrected chi connectivity index (χ4v) is 2.99. The molecule has 0 aliphatic heterocycles. The first-order valence-electron chi connectivity index (χ1n) is 6.31. The van der Waals surface area contributed by atoms with Crippen LogP contribution in [0.25, 0.3) is 16.2 Å². The third-order valence-corrected chi connectivity index (χ3v) is 3.98. The number of aryl methyl sites for hydroxylation is 1. The van der Waals surface area contributed by atoms with Crippen LogP contribution in [0.15, 0.2) is 35.8 Å². The first-order chi connectivity index (χ1) is 9.15. The second kappa shape index (κ2) is 4.79. The highest BCUT2D eigenvalue weighted by molar-refractivity contribution is 7.13. The number of pyridine rings is 1. The van der Waals surface area contributed by atoms with Crippen molar-refractivity contribution in [1.82, 2.24) is 14.3 Å². The van der Waals surface area contributed by atoms with Gasteiger partial charge in [0.15, 0.2) is 0 Å². The molecule has 3 rings (SSSR count). The Balaban J connectivity index is 2.24. The van der Waals surface area contributed by atoms with Gasteiger partial charge in [-0.3, -0.25) is 0 Å². The maximum Gasteiger partial charge on any atom is 0.138 e. The van der Waals surface area contributed by atoms with Crippen LogP contribution in [-0.4, -0.2) is 28.4 Å². The van der Waals surface area contributed by atoms with E-state index in [1.807, 2.05) is 0 Å². The molecule has 0 saturated carbocycles. The molecule has 19 heavy (non-hydrogen) atoms. The molecule has 0 aliphatic rings. The molecular formula is C15H17N3S. The largest absolute Gasteiger partial charge is 0.304 e. The number of nitrogens with zero attached hydrogens (tertiary/aromatic N) is 3. The Hall–Kier alpha value is -1.65. The lowest BCUT2D eigenvalue weighted by atomic mass is 10.2. The predicted octanol–water partition coefficient (Wildman–Crippen LogP) is 3.43. The van der Waals surface area contributed by atoms with Gasteiger partial charge >= 0.3 is 0 Å². The lowest BCUT2D eigenvalue weighted by molar-refractivity contribution is 0.396. The van der Waals surface area contributed by atoms with E-state index < -0.39 is 0 Å². The van der Waals surface area contributed by atoms with E-state index >= 15 is 0 Å². The Labute approximate surface area is 117 Å². The summed E-state index contributed by atoms with van der Waals surface area (Å²) in [7, 11) is 4.18. The van der Waals surface area contributed by atoms with Crippen molar-refractivity contribution in [3.63, 3.8) is 0 Å². The maximum absolute atomic E-state index is 4.82. The van der Waals surface area contributed by atoms with Crippen LogP contribution in [0.1, 0.15) is 11.3 Å². The summed E-state index contributed by atoms with van der Waals surface area (Å²) in [5, 5.41) is 2.10. The number of fused-ring (bicyclic) bond motifs is 1. The molecule has 0 N–H and O–H groups in total. The average Bonchev–Trinajstić information content (AvgIpc) is 2.96. The summed E-state index contributed by atoms with van der Waals surface area (Å²) in [6.45, 7) is 2.99. The molecule has 0 spiro atoms.